The molecule has 0 aliphatic carbocycles. The van der Waals surface area contributed by atoms with Gasteiger partial charge in [0.15, 0.2) is 6.10 Å². The molecule has 1 aliphatic rings. The molecule has 28 heavy (non-hydrogen) atoms. The summed E-state index contributed by atoms with van der Waals surface area (Å²) >= 11 is 0. The maximum absolute atomic E-state index is 12.5. The summed E-state index contributed by atoms with van der Waals surface area (Å²) in [5.74, 6) is 1.44. The van der Waals surface area contributed by atoms with Crippen molar-refractivity contribution in [3.8, 4) is 5.75 Å². The Kier molecular flexibility index (Phi) is 6.61. The summed E-state index contributed by atoms with van der Waals surface area (Å²) in [7, 11) is 0. The van der Waals surface area contributed by atoms with Crippen LogP contribution in [-0.4, -0.2) is 25.1 Å². The molecular formula is C24H32N2O2. The Morgan fingerprint density at radius 3 is 2.43 bits per heavy atom. The van der Waals surface area contributed by atoms with Gasteiger partial charge in [-0.15, -0.1) is 0 Å². The lowest BCUT2D eigenvalue weighted by atomic mass is 9.98. The fourth-order valence-electron chi connectivity index (χ4n) is 3.60. The number of piperidine rings is 1. The SMILES string of the molecule is Cc1cccc(O[C@@H](C)C(=O)N[C@@H](C)c2ccc(N3CCC(C)CC3)cc2)c1. The molecule has 0 unspecified atom stereocenters. The number of hydrogen-bond donors (Lipinski definition) is 1. The van der Waals surface area contributed by atoms with Gasteiger partial charge in [-0.3, -0.25) is 4.79 Å². The summed E-state index contributed by atoms with van der Waals surface area (Å²) < 4.78 is 5.78. The molecular weight excluding hydrogens is 348 g/mol. The zero-order chi connectivity index (χ0) is 20.1. The Balaban J connectivity index is 1.54. The van der Waals surface area contributed by atoms with Crippen LogP contribution in [-0.2, 0) is 4.79 Å². The Hall–Kier alpha value is -2.49. The van der Waals surface area contributed by atoms with Crippen LogP contribution in [0.4, 0.5) is 5.69 Å². The zero-order valence-corrected chi connectivity index (χ0v) is 17.4. The van der Waals surface area contributed by atoms with E-state index in [4.69, 9.17) is 4.74 Å². The van der Waals surface area contributed by atoms with E-state index in [2.05, 4.69) is 41.4 Å². The van der Waals surface area contributed by atoms with Gasteiger partial charge in [-0.25, -0.2) is 0 Å². The second-order valence-electron chi connectivity index (χ2n) is 8.07. The highest BCUT2D eigenvalue weighted by atomic mass is 16.5. The molecule has 1 amide bonds. The Bertz CT molecular complexity index is 779. The summed E-state index contributed by atoms with van der Waals surface area (Å²) in [5.41, 5.74) is 3.48. The quantitative estimate of drug-likeness (QED) is 0.777. The van der Waals surface area contributed by atoms with Gasteiger partial charge in [0, 0.05) is 18.8 Å². The van der Waals surface area contributed by atoms with Gasteiger partial charge in [0.1, 0.15) is 5.75 Å². The number of nitrogens with zero attached hydrogens (tertiary/aromatic N) is 1. The molecule has 3 rings (SSSR count). The van der Waals surface area contributed by atoms with Crippen LogP contribution in [0.5, 0.6) is 5.75 Å². The Labute approximate surface area is 168 Å². The van der Waals surface area contributed by atoms with Crippen LogP contribution >= 0.6 is 0 Å². The van der Waals surface area contributed by atoms with Gasteiger partial charge in [0.25, 0.3) is 5.91 Å². The first kappa shape index (κ1) is 20.2. The normalized spacial score (nSPS) is 17.1. The summed E-state index contributed by atoms with van der Waals surface area (Å²) in [6.45, 7) is 10.4. The third kappa shape index (κ3) is 5.28. The van der Waals surface area contributed by atoms with E-state index in [0.29, 0.717) is 0 Å². The van der Waals surface area contributed by atoms with E-state index in [1.807, 2.05) is 38.1 Å². The average Bonchev–Trinajstić information content (AvgIpc) is 2.68. The molecule has 150 valence electrons. The number of ether oxygens (including phenoxy) is 1. The van der Waals surface area contributed by atoms with E-state index in [0.717, 1.165) is 35.9 Å². The predicted octanol–water partition coefficient (Wildman–Crippen LogP) is 4.88. The highest BCUT2D eigenvalue weighted by molar-refractivity contribution is 5.81. The van der Waals surface area contributed by atoms with Crippen LogP contribution in [0.2, 0.25) is 0 Å². The fourth-order valence-corrected chi connectivity index (χ4v) is 3.60. The standard InChI is InChI=1S/C24H32N2O2/c1-17-12-14-26(15-13-17)22-10-8-21(9-11-22)19(3)25-24(27)20(4)28-23-7-5-6-18(2)16-23/h5-11,16-17,19-20H,12-15H2,1-4H3,(H,25,27)/t19-,20-/m0/s1. The van der Waals surface area contributed by atoms with Crippen molar-refractivity contribution < 1.29 is 9.53 Å². The topological polar surface area (TPSA) is 41.6 Å². The van der Waals surface area contributed by atoms with Crippen LogP contribution in [0.25, 0.3) is 0 Å². The molecule has 1 aliphatic heterocycles. The highest BCUT2D eigenvalue weighted by Gasteiger charge is 2.19. The lowest BCUT2D eigenvalue weighted by Gasteiger charge is -2.32. The number of hydrogen-bond acceptors (Lipinski definition) is 3. The average molecular weight is 381 g/mol. The van der Waals surface area contributed by atoms with Gasteiger partial charge >= 0.3 is 0 Å². The smallest absolute Gasteiger partial charge is 0.261 e. The molecule has 2 aromatic rings. The largest absolute Gasteiger partial charge is 0.481 e. The highest BCUT2D eigenvalue weighted by Crippen LogP contribution is 2.24. The van der Waals surface area contributed by atoms with E-state index in [9.17, 15) is 4.79 Å². The molecule has 1 N–H and O–H groups in total. The molecule has 1 fully saturated rings. The van der Waals surface area contributed by atoms with Crippen LogP contribution in [0.15, 0.2) is 48.5 Å². The summed E-state index contributed by atoms with van der Waals surface area (Å²) in [5, 5.41) is 3.06. The summed E-state index contributed by atoms with van der Waals surface area (Å²) in [4.78, 5) is 15.0. The van der Waals surface area contributed by atoms with Gasteiger partial charge in [-0.2, -0.15) is 0 Å². The summed E-state index contributed by atoms with van der Waals surface area (Å²) in [6, 6.07) is 16.3. The minimum atomic E-state index is -0.543. The van der Waals surface area contributed by atoms with Crippen molar-refractivity contribution in [2.45, 2.75) is 52.7 Å². The molecule has 4 heteroatoms. The monoisotopic (exact) mass is 380 g/mol. The molecule has 0 aromatic heterocycles. The van der Waals surface area contributed by atoms with E-state index in [1.165, 1.54) is 18.5 Å². The fraction of sp³-hybridized carbons (Fsp3) is 0.458. The van der Waals surface area contributed by atoms with Crippen LogP contribution in [0, 0.1) is 12.8 Å². The minimum Gasteiger partial charge on any atom is -0.481 e. The minimum absolute atomic E-state index is 0.0634. The van der Waals surface area contributed by atoms with Crippen LogP contribution in [0.3, 0.4) is 0 Å². The number of nitrogens with one attached hydrogen (secondary N) is 1. The van der Waals surface area contributed by atoms with E-state index in [1.54, 1.807) is 6.92 Å². The molecule has 2 atom stereocenters. The third-order valence-corrected chi connectivity index (χ3v) is 5.57. The van der Waals surface area contributed by atoms with Gasteiger partial charge in [0.2, 0.25) is 0 Å². The number of amides is 1. The maximum Gasteiger partial charge on any atom is 0.261 e. The molecule has 1 saturated heterocycles. The van der Waals surface area contributed by atoms with Crippen LogP contribution in [0.1, 0.15) is 50.8 Å². The predicted molar refractivity (Wildman–Crippen MR) is 115 cm³/mol. The molecule has 0 bridgehead atoms. The number of benzene rings is 2. The molecule has 2 aromatic carbocycles. The second kappa shape index (κ2) is 9.13. The Morgan fingerprint density at radius 1 is 1.11 bits per heavy atom. The lowest BCUT2D eigenvalue weighted by Crippen LogP contribution is -2.37. The maximum atomic E-state index is 12.5. The van der Waals surface area contributed by atoms with E-state index >= 15 is 0 Å². The number of aryl methyl sites for hydroxylation is 1. The van der Waals surface area contributed by atoms with Gasteiger partial charge in [-0.05, 0) is 74.9 Å². The first-order valence-corrected chi connectivity index (χ1v) is 10.3. The van der Waals surface area contributed by atoms with Crippen molar-refractivity contribution in [2.75, 3.05) is 18.0 Å². The van der Waals surface area contributed by atoms with Crippen molar-refractivity contribution in [1.29, 1.82) is 0 Å². The number of anilines is 1. The first-order valence-electron chi connectivity index (χ1n) is 10.3. The first-order chi connectivity index (χ1) is 13.4. The van der Waals surface area contributed by atoms with Crippen molar-refractivity contribution in [3.63, 3.8) is 0 Å². The summed E-state index contributed by atoms with van der Waals surface area (Å²) in [6.07, 6.45) is 1.97. The number of rotatable bonds is 6. The van der Waals surface area contributed by atoms with Crippen molar-refractivity contribution in [2.24, 2.45) is 5.92 Å². The van der Waals surface area contributed by atoms with Gasteiger partial charge in [-0.1, -0.05) is 31.2 Å². The lowest BCUT2D eigenvalue weighted by molar-refractivity contribution is -0.127. The van der Waals surface area contributed by atoms with E-state index < -0.39 is 6.10 Å². The number of carbonyl (C=O) groups is 1. The van der Waals surface area contributed by atoms with Crippen LogP contribution < -0.4 is 15.0 Å². The number of carbonyl (C=O) groups excluding carboxylic acids is 1. The molecule has 0 spiro atoms. The van der Waals surface area contributed by atoms with E-state index in [-0.39, 0.29) is 11.9 Å². The molecule has 0 radical (unpaired) electrons. The zero-order valence-electron chi connectivity index (χ0n) is 17.4. The van der Waals surface area contributed by atoms with Crippen molar-refractivity contribution in [3.05, 3.63) is 59.7 Å². The van der Waals surface area contributed by atoms with Crippen molar-refractivity contribution in [1.82, 2.24) is 5.32 Å². The van der Waals surface area contributed by atoms with Gasteiger partial charge in [0.05, 0.1) is 6.04 Å². The van der Waals surface area contributed by atoms with Crippen molar-refractivity contribution >= 4 is 11.6 Å². The van der Waals surface area contributed by atoms with Gasteiger partial charge < -0.3 is 15.0 Å². The third-order valence-electron chi connectivity index (χ3n) is 5.57. The molecule has 0 saturated carbocycles. The molecule has 4 nitrogen and oxygen atoms in total. The second-order valence-corrected chi connectivity index (χ2v) is 8.07. The Morgan fingerprint density at radius 2 is 1.79 bits per heavy atom. The molecule has 1 heterocycles.